The monoisotopic (exact) mass is 267 g/mol. The van der Waals surface area contributed by atoms with Crippen molar-refractivity contribution in [3.05, 3.63) is 41.1 Å². The van der Waals surface area contributed by atoms with Crippen LogP contribution in [0.2, 0.25) is 0 Å². The third-order valence-corrected chi connectivity index (χ3v) is 4.33. The molecule has 4 rings (SSSR count). The van der Waals surface area contributed by atoms with E-state index in [0.717, 1.165) is 47.0 Å². The quantitative estimate of drug-likeness (QED) is 0.852. The molecule has 1 amide bonds. The first kappa shape index (κ1) is 11.9. The van der Waals surface area contributed by atoms with Gasteiger partial charge in [0.1, 0.15) is 0 Å². The van der Waals surface area contributed by atoms with Crippen LogP contribution in [0, 0.1) is 0 Å². The Bertz CT molecular complexity index is 704. The smallest absolute Gasteiger partial charge is 0.254 e. The molecule has 0 unspecified atom stereocenters. The zero-order valence-electron chi connectivity index (χ0n) is 11.3. The molecule has 1 aromatic heterocycles. The van der Waals surface area contributed by atoms with Gasteiger partial charge in [0.2, 0.25) is 0 Å². The number of fused-ring (bicyclic) bond motifs is 2. The van der Waals surface area contributed by atoms with Gasteiger partial charge < -0.3 is 10.6 Å². The van der Waals surface area contributed by atoms with Crippen molar-refractivity contribution < 1.29 is 4.79 Å². The van der Waals surface area contributed by atoms with Gasteiger partial charge in [0.25, 0.3) is 5.91 Å². The van der Waals surface area contributed by atoms with E-state index in [9.17, 15) is 4.79 Å². The molecule has 0 saturated carbocycles. The number of aryl methyl sites for hydroxylation is 1. The molecule has 0 spiro atoms. The summed E-state index contributed by atoms with van der Waals surface area (Å²) in [7, 11) is 0. The number of carbonyl (C=O) groups is 1. The molecule has 0 radical (unpaired) electrons. The molecule has 102 valence electrons. The van der Waals surface area contributed by atoms with Crippen LogP contribution < -0.4 is 5.73 Å². The van der Waals surface area contributed by atoms with Crippen molar-refractivity contribution in [1.82, 2.24) is 9.88 Å². The van der Waals surface area contributed by atoms with E-state index in [1.54, 1.807) is 0 Å². The first-order valence-corrected chi connectivity index (χ1v) is 7.19. The third kappa shape index (κ3) is 1.64. The van der Waals surface area contributed by atoms with Crippen LogP contribution in [-0.2, 0) is 12.8 Å². The lowest BCUT2D eigenvalue weighted by Crippen LogP contribution is -2.58. The minimum absolute atomic E-state index is 0.128. The summed E-state index contributed by atoms with van der Waals surface area (Å²) < 4.78 is 0. The van der Waals surface area contributed by atoms with Crippen LogP contribution >= 0.6 is 0 Å². The second-order valence-electron chi connectivity index (χ2n) is 5.75. The number of hydrogen-bond donors (Lipinski definition) is 1. The number of nitrogens with zero attached hydrogens (tertiary/aromatic N) is 2. The number of rotatable bonds is 1. The highest BCUT2D eigenvalue weighted by molar-refractivity contribution is 6.08. The summed E-state index contributed by atoms with van der Waals surface area (Å²) in [5.74, 6) is 0.128. The van der Waals surface area contributed by atoms with E-state index in [0.29, 0.717) is 13.1 Å². The van der Waals surface area contributed by atoms with E-state index in [4.69, 9.17) is 10.7 Å². The van der Waals surface area contributed by atoms with Crippen LogP contribution in [0.5, 0.6) is 0 Å². The summed E-state index contributed by atoms with van der Waals surface area (Å²) in [4.78, 5) is 19.4. The SMILES string of the molecule is NC1CN(C(=O)c2c3c(nc4ccccc24)CCC3)C1. The molecule has 2 N–H and O–H groups in total. The predicted molar refractivity (Wildman–Crippen MR) is 77.6 cm³/mol. The molecular weight excluding hydrogens is 250 g/mol. The normalized spacial score (nSPS) is 18.1. The standard InChI is InChI=1S/C16H17N3O/c17-10-8-19(9-10)16(20)15-11-4-1-2-6-13(11)18-14-7-3-5-12(14)15/h1-2,4,6,10H,3,5,7-9,17H2. The fourth-order valence-electron chi connectivity index (χ4n) is 3.29. The van der Waals surface area contributed by atoms with Gasteiger partial charge in [-0.25, -0.2) is 0 Å². The van der Waals surface area contributed by atoms with E-state index >= 15 is 0 Å². The molecule has 4 heteroatoms. The molecule has 1 aromatic carbocycles. The van der Waals surface area contributed by atoms with Gasteiger partial charge in [-0.1, -0.05) is 18.2 Å². The summed E-state index contributed by atoms with van der Waals surface area (Å²) in [6.07, 6.45) is 3.05. The van der Waals surface area contributed by atoms with Crippen molar-refractivity contribution in [2.45, 2.75) is 25.3 Å². The number of likely N-dealkylation sites (tertiary alicyclic amines) is 1. The van der Waals surface area contributed by atoms with Gasteiger partial charge in [-0.3, -0.25) is 9.78 Å². The Morgan fingerprint density at radius 1 is 1.25 bits per heavy atom. The maximum Gasteiger partial charge on any atom is 0.254 e. The third-order valence-electron chi connectivity index (χ3n) is 4.33. The number of carbonyl (C=O) groups excluding carboxylic acids is 1. The number of benzene rings is 1. The van der Waals surface area contributed by atoms with Crippen LogP contribution in [0.4, 0.5) is 0 Å². The second kappa shape index (κ2) is 4.28. The number of aromatic nitrogens is 1. The molecule has 1 saturated heterocycles. The van der Waals surface area contributed by atoms with Crippen LogP contribution in [0.15, 0.2) is 24.3 Å². The highest BCUT2D eigenvalue weighted by atomic mass is 16.2. The summed E-state index contributed by atoms with van der Waals surface area (Å²) in [5, 5.41) is 0.985. The van der Waals surface area contributed by atoms with Gasteiger partial charge in [0, 0.05) is 30.2 Å². The number of pyridine rings is 1. The predicted octanol–water partition coefficient (Wildman–Crippen LogP) is 1.51. The zero-order chi connectivity index (χ0) is 13.7. The molecular formula is C16H17N3O. The molecule has 0 atom stereocenters. The van der Waals surface area contributed by atoms with Gasteiger partial charge in [0.15, 0.2) is 0 Å². The minimum atomic E-state index is 0.128. The number of amides is 1. The van der Waals surface area contributed by atoms with E-state index < -0.39 is 0 Å². The van der Waals surface area contributed by atoms with Gasteiger partial charge in [-0.15, -0.1) is 0 Å². The van der Waals surface area contributed by atoms with Gasteiger partial charge >= 0.3 is 0 Å². The molecule has 20 heavy (non-hydrogen) atoms. The van der Waals surface area contributed by atoms with Gasteiger partial charge in [-0.2, -0.15) is 0 Å². The van der Waals surface area contributed by atoms with E-state index in [1.165, 1.54) is 0 Å². The fourth-order valence-corrected chi connectivity index (χ4v) is 3.29. The average Bonchev–Trinajstić information content (AvgIpc) is 2.88. The van der Waals surface area contributed by atoms with Crippen molar-refractivity contribution >= 4 is 16.8 Å². The lowest BCUT2D eigenvalue weighted by molar-refractivity contribution is 0.0609. The minimum Gasteiger partial charge on any atom is -0.335 e. The largest absolute Gasteiger partial charge is 0.335 e. The molecule has 2 aromatic rings. The second-order valence-corrected chi connectivity index (χ2v) is 5.75. The van der Waals surface area contributed by atoms with Gasteiger partial charge in [-0.05, 0) is 30.9 Å². The average molecular weight is 267 g/mol. The van der Waals surface area contributed by atoms with Crippen LogP contribution in [0.3, 0.4) is 0 Å². The molecule has 1 aliphatic carbocycles. The van der Waals surface area contributed by atoms with Crippen molar-refractivity contribution in [3.63, 3.8) is 0 Å². The van der Waals surface area contributed by atoms with Crippen LogP contribution in [0.25, 0.3) is 10.9 Å². The van der Waals surface area contributed by atoms with Gasteiger partial charge in [0.05, 0.1) is 11.1 Å². The van der Waals surface area contributed by atoms with Crippen molar-refractivity contribution in [2.24, 2.45) is 5.73 Å². The number of para-hydroxylation sites is 1. The van der Waals surface area contributed by atoms with E-state index in [2.05, 4.69) is 0 Å². The lowest BCUT2D eigenvalue weighted by atomic mass is 9.98. The first-order chi connectivity index (χ1) is 9.74. The Morgan fingerprint density at radius 2 is 2.05 bits per heavy atom. The van der Waals surface area contributed by atoms with E-state index in [-0.39, 0.29) is 11.9 Å². The van der Waals surface area contributed by atoms with Crippen molar-refractivity contribution in [1.29, 1.82) is 0 Å². The Morgan fingerprint density at radius 3 is 2.85 bits per heavy atom. The Kier molecular flexibility index (Phi) is 2.54. The molecule has 2 aliphatic rings. The summed E-state index contributed by atoms with van der Waals surface area (Å²) >= 11 is 0. The van der Waals surface area contributed by atoms with Crippen molar-refractivity contribution in [2.75, 3.05) is 13.1 Å². The highest BCUT2D eigenvalue weighted by Gasteiger charge is 2.32. The molecule has 4 nitrogen and oxygen atoms in total. The number of nitrogens with two attached hydrogens (primary N) is 1. The molecule has 1 aliphatic heterocycles. The zero-order valence-corrected chi connectivity index (χ0v) is 11.3. The number of hydrogen-bond acceptors (Lipinski definition) is 3. The topological polar surface area (TPSA) is 59.2 Å². The van der Waals surface area contributed by atoms with E-state index in [1.807, 2.05) is 29.2 Å². The fraction of sp³-hybridized carbons (Fsp3) is 0.375. The summed E-state index contributed by atoms with van der Waals surface area (Å²) in [5.41, 5.74) is 9.88. The lowest BCUT2D eigenvalue weighted by Gasteiger charge is -2.37. The Labute approximate surface area is 117 Å². The maximum atomic E-state index is 12.8. The summed E-state index contributed by atoms with van der Waals surface area (Å²) in [6.45, 7) is 1.34. The molecule has 0 bridgehead atoms. The Balaban J connectivity index is 1.90. The van der Waals surface area contributed by atoms with Crippen molar-refractivity contribution in [3.8, 4) is 0 Å². The van der Waals surface area contributed by atoms with Crippen LogP contribution in [-0.4, -0.2) is 34.9 Å². The maximum absolute atomic E-state index is 12.8. The summed E-state index contributed by atoms with van der Waals surface area (Å²) in [6, 6.07) is 8.09. The highest BCUT2D eigenvalue weighted by Crippen LogP contribution is 2.31. The van der Waals surface area contributed by atoms with Crippen LogP contribution in [0.1, 0.15) is 28.0 Å². The Hall–Kier alpha value is -1.94. The first-order valence-electron chi connectivity index (χ1n) is 7.19. The molecule has 2 heterocycles. The molecule has 1 fully saturated rings.